The maximum atomic E-state index is 14.2. The van der Waals surface area contributed by atoms with Crippen molar-refractivity contribution in [2.24, 2.45) is 5.92 Å². The number of carbonyl (C=O) groups is 2. The van der Waals surface area contributed by atoms with E-state index in [1.807, 2.05) is 13.8 Å². The molecule has 7 nitrogen and oxygen atoms in total. The number of nitrogens with one attached hydrogen (secondary N) is 1. The molecule has 0 spiro atoms. The van der Waals surface area contributed by atoms with E-state index in [0.29, 0.717) is 11.6 Å². The van der Waals surface area contributed by atoms with E-state index in [-0.39, 0.29) is 49.4 Å². The van der Waals surface area contributed by atoms with Crippen molar-refractivity contribution in [1.29, 1.82) is 0 Å². The molecule has 0 unspecified atom stereocenters. The summed E-state index contributed by atoms with van der Waals surface area (Å²) in [6.45, 7) is 6.21. The fraction of sp³-hybridized carbons (Fsp3) is 0.440. The maximum Gasteiger partial charge on any atom is 0.242 e. The number of carbonyl (C=O) groups excluding carboxylic acids is 2. The van der Waals surface area contributed by atoms with E-state index in [4.69, 9.17) is 11.6 Å². The molecule has 0 fully saturated rings. The van der Waals surface area contributed by atoms with Crippen molar-refractivity contribution >= 4 is 39.1 Å². The molecule has 35 heavy (non-hydrogen) atoms. The third-order valence-electron chi connectivity index (χ3n) is 5.39. The minimum Gasteiger partial charge on any atom is -0.354 e. The summed E-state index contributed by atoms with van der Waals surface area (Å²) in [5.74, 6) is -0.991. The highest BCUT2D eigenvalue weighted by Gasteiger charge is 2.27. The number of para-hydroxylation sites is 1. The average Bonchev–Trinajstić information content (AvgIpc) is 2.79. The molecule has 2 aromatic carbocycles. The van der Waals surface area contributed by atoms with Crippen LogP contribution in [0, 0.1) is 11.7 Å². The Morgan fingerprint density at radius 1 is 1.06 bits per heavy atom. The molecule has 0 aliphatic carbocycles. The van der Waals surface area contributed by atoms with E-state index >= 15 is 0 Å². The van der Waals surface area contributed by atoms with E-state index in [2.05, 4.69) is 5.32 Å². The van der Waals surface area contributed by atoms with Crippen LogP contribution in [0.15, 0.2) is 48.5 Å². The van der Waals surface area contributed by atoms with Crippen LogP contribution in [0.4, 0.5) is 10.1 Å². The van der Waals surface area contributed by atoms with Crippen molar-refractivity contribution < 1.29 is 22.4 Å². The van der Waals surface area contributed by atoms with Gasteiger partial charge in [0.15, 0.2) is 0 Å². The largest absolute Gasteiger partial charge is 0.354 e. The third-order valence-corrected chi connectivity index (χ3v) is 6.82. The van der Waals surface area contributed by atoms with Crippen molar-refractivity contribution in [3.8, 4) is 0 Å². The van der Waals surface area contributed by atoms with Crippen LogP contribution < -0.4 is 9.62 Å². The number of rotatable bonds is 12. The van der Waals surface area contributed by atoms with Gasteiger partial charge in [0, 0.05) is 31.1 Å². The minimum atomic E-state index is -3.76. The quantitative estimate of drug-likeness (QED) is 0.449. The first kappa shape index (κ1) is 28.6. The summed E-state index contributed by atoms with van der Waals surface area (Å²) in [5, 5.41) is 3.41. The van der Waals surface area contributed by atoms with E-state index in [0.717, 1.165) is 16.1 Å². The van der Waals surface area contributed by atoms with Gasteiger partial charge in [-0.2, -0.15) is 0 Å². The molecule has 0 aliphatic rings. The molecule has 0 saturated heterocycles. The van der Waals surface area contributed by atoms with Gasteiger partial charge in [0.1, 0.15) is 11.9 Å². The molecule has 192 valence electrons. The molecule has 0 aliphatic heterocycles. The standard InChI is InChI=1S/C25H33ClFN3O4S/c1-18(2)16-28-25(32)19(3)29(17-20-11-13-21(26)14-12-20)24(31)10-7-15-30(35(4,33)34)23-9-6-5-8-22(23)27/h5-6,8-9,11-14,18-19H,7,10,15-17H2,1-4H3,(H,28,32)/t19-/m1/s1. The van der Waals surface area contributed by atoms with E-state index in [1.165, 1.54) is 23.1 Å². The monoisotopic (exact) mass is 525 g/mol. The van der Waals surface area contributed by atoms with Gasteiger partial charge in [-0.3, -0.25) is 13.9 Å². The third kappa shape index (κ3) is 8.81. The Hall–Kier alpha value is -2.65. The van der Waals surface area contributed by atoms with Crippen LogP contribution in [0.5, 0.6) is 0 Å². The number of benzene rings is 2. The zero-order chi connectivity index (χ0) is 26.2. The number of anilines is 1. The topological polar surface area (TPSA) is 86.8 Å². The Kier molecular flexibility index (Phi) is 10.5. The zero-order valence-electron chi connectivity index (χ0n) is 20.5. The van der Waals surface area contributed by atoms with Gasteiger partial charge in [-0.1, -0.05) is 49.7 Å². The Balaban J connectivity index is 2.16. The number of halogens is 2. The minimum absolute atomic E-state index is 0.0180. The number of nitrogens with zero attached hydrogens (tertiary/aromatic N) is 2. The first-order valence-corrected chi connectivity index (χ1v) is 13.7. The molecule has 2 rings (SSSR count). The first-order valence-electron chi connectivity index (χ1n) is 11.4. The number of amides is 2. The molecular weight excluding hydrogens is 493 g/mol. The van der Waals surface area contributed by atoms with Crippen LogP contribution in [-0.2, 0) is 26.2 Å². The molecule has 2 amide bonds. The van der Waals surface area contributed by atoms with Crippen LogP contribution >= 0.6 is 11.6 Å². The Labute approximate surface area is 212 Å². The number of hydrogen-bond donors (Lipinski definition) is 1. The van der Waals surface area contributed by atoms with Crippen molar-refractivity contribution in [3.63, 3.8) is 0 Å². The SMILES string of the molecule is CC(C)CNC(=O)[C@@H](C)N(Cc1ccc(Cl)cc1)C(=O)CCCN(c1ccccc1F)S(C)(=O)=O. The highest BCUT2D eigenvalue weighted by Crippen LogP contribution is 2.22. The van der Waals surface area contributed by atoms with Crippen LogP contribution in [-0.4, -0.2) is 50.5 Å². The maximum absolute atomic E-state index is 14.2. The summed E-state index contributed by atoms with van der Waals surface area (Å²) in [6.07, 6.45) is 1.13. The van der Waals surface area contributed by atoms with E-state index in [9.17, 15) is 22.4 Å². The van der Waals surface area contributed by atoms with E-state index in [1.54, 1.807) is 37.3 Å². The number of sulfonamides is 1. The number of hydrogen-bond acceptors (Lipinski definition) is 4. The molecule has 0 heterocycles. The van der Waals surface area contributed by atoms with Gasteiger partial charge in [-0.15, -0.1) is 0 Å². The summed E-state index contributed by atoms with van der Waals surface area (Å²) < 4.78 is 39.8. The highest BCUT2D eigenvalue weighted by molar-refractivity contribution is 7.92. The van der Waals surface area contributed by atoms with Gasteiger partial charge in [0.2, 0.25) is 21.8 Å². The second kappa shape index (κ2) is 12.9. The molecule has 0 aromatic heterocycles. The van der Waals surface area contributed by atoms with Crippen LogP contribution in [0.25, 0.3) is 0 Å². The normalized spacial score (nSPS) is 12.3. The van der Waals surface area contributed by atoms with Crippen LogP contribution in [0.3, 0.4) is 0 Å². The molecule has 1 N–H and O–H groups in total. The molecule has 0 radical (unpaired) electrons. The van der Waals surface area contributed by atoms with Gasteiger partial charge in [-0.25, -0.2) is 12.8 Å². The van der Waals surface area contributed by atoms with Crippen molar-refractivity contribution in [2.75, 3.05) is 23.7 Å². The van der Waals surface area contributed by atoms with Crippen LogP contribution in [0.1, 0.15) is 39.2 Å². The first-order chi connectivity index (χ1) is 16.4. The summed E-state index contributed by atoms with van der Waals surface area (Å²) in [7, 11) is -3.76. The van der Waals surface area contributed by atoms with Crippen molar-refractivity contribution in [3.05, 3.63) is 64.9 Å². The lowest BCUT2D eigenvalue weighted by Gasteiger charge is -2.29. The smallest absolute Gasteiger partial charge is 0.242 e. The Morgan fingerprint density at radius 2 is 1.69 bits per heavy atom. The fourth-order valence-electron chi connectivity index (χ4n) is 3.46. The fourth-order valence-corrected chi connectivity index (χ4v) is 4.55. The second-order valence-electron chi connectivity index (χ2n) is 8.85. The van der Waals surface area contributed by atoms with Crippen molar-refractivity contribution in [1.82, 2.24) is 10.2 Å². The van der Waals surface area contributed by atoms with E-state index < -0.39 is 21.9 Å². The highest BCUT2D eigenvalue weighted by atomic mass is 35.5. The van der Waals surface area contributed by atoms with Gasteiger partial charge >= 0.3 is 0 Å². The van der Waals surface area contributed by atoms with Gasteiger partial charge in [0.05, 0.1) is 11.9 Å². The zero-order valence-corrected chi connectivity index (χ0v) is 22.1. The summed E-state index contributed by atoms with van der Waals surface area (Å²) in [4.78, 5) is 27.4. The summed E-state index contributed by atoms with van der Waals surface area (Å²) in [6, 6.07) is 11.8. The molecular formula is C25H33ClFN3O4S. The average molecular weight is 526 g/mol. The summed E-state index contributed by atoms with van der Waals surface area (Å²) >= 11 is 5.97. The predicted molar refractivity (Wildman–Crippen MR) is 137 cm³/mol. The van der Waals surface area contributed by atoms with Crippen LogP contribution in [0.2, 0.25) is 5.02 Å². The predicted octanol–water partition coefficient (Wildman–Crippen LogP) is 4.21. The van der Waals surface area contributed by atoms with Gasteiger partial charge in [0.25, 0.3) is 0 Å². The van der Waals surface area contributed by atoms with Gasteiger partial charge in [-0.05, 0) is 49.1 Å². The van der Waals surface area contributed by atoms with Crippen molar-refractivity contribution in [2.45, 2.75) is 46.2 Å². The molecule has 0 bridgehead atoms. The summed E-state index contributed by atoms with van der Waals surface area (Å²) in [5.41, 5.74) is 0.734. The Morgan fingerprint density at radius 3 is 2.26 bits per heavy atom. The molecule has 0 saturated carbocycles. The molecule has 2 aromatic rings. The van der Waals surface area contributed by atoms with Gasteiger partial charge < -0.3 is 10.2 Å². The lowest BCUT2D eigenvalue weighted by atomic mass is 10.1. The second-order valence-corrected chi connectivity index (χ2v) is 11.2. The Bertz CT molecular complexity index is 1110. The molecule has 10 heteroatoms. The molecule has 1 atom stereocenters. The lowest BCUT2D eigenvalue weighted by Crippen LogP contribution is -2.48. The lowest BCUT2D eigenvalue weighted by molar-refractivity contribution is -0.140.